The number of ether oxygens (including phenoxy) is 2. The summed E-state index contributed by atoms with van der Waals surface area (Å²) < 4.78 is 11.3. The van der Waals surface area contributed by atoms with Crippen molar-refractivity contribution in [2.75, 3.05) is 25.6 Å². The van der Waals surface area contributed by atoms with Gasteiger partial charge in [-0.1, -0.05) is 12.1 Å². The zero-order valence-electron chi connectivity index (χ0n) is 11.9. The molecule has 2 aliphatic rings. The van der Waals surface area contributed by atoms with E-state index in [2.05, 4.69) is 0 Å². The van der Waals surface area contributed by atoms with Gasteiger partial charge < -0.3 is 15.2 Å². The van der Waals surface area contributed by atoms with Crippen LogP contribution in [0.4, 0.5) is 5.69 Å². The second kappa shape index (κ2) is 5.19. The molecule has 1 spiro atoms. The molecule has 0 amide bonds. The van der Waals surface area contributed by atoms with Crippen molar-refractivity contribution in [1.82, 2.24) is 0 Å². The van der Waals surface area contributed by atoms with Gasteiger partial charge in [-0.25, -0.2) is 0 Å². The normalized spacial score (nSPS) is 29.8. The summed E-state index contributed by atoms with van der Waals surface area (Å²) >= 11 is 0. The van der Waals surface area contributed by atoms with Gasteiger partial charge in [0.1, 0.15) is 0 Å². The number of rotatable bonds is 2. The van der Waals surface area contributed by atoms with E-state index in [1.54, 1.807) is 6.07 Å². The van der Waals surface area contributed by atoms with Crippen LogP contribution in [0.3, 0.4) is 0 Å². The minimum absolute atomic E-state index is 0.0209. The van der Waals surface area contributed by atoms with E-state index in [9.17, 15) is 4.79 Å². The summed E-state index contributed by atoms with van der Waals surface area (Å²) in [6.45, 7) is 3.94. The fourth-order valence-electron chi connectivity index (χ4n) is 3.14. The number of hydrogen-bond donors (Lipinski definition) is 1. The second-order valence-corrected chi connectivity index (χ2v) is 5.96. The summed E-state index contributed by atoms with van der Waals surface area (Å²) in [5, 5.41) is 0. The molecular weight excluding hydrogens is 254 g/mol. The van der Waals surface area contributed by atoms with Gasteiger partial charge in [0.15, 0.2) is 5.78 Å². The van der Waals surface area contributed by atoms with Gasteiger partial charge in [-0.2, -0.15) is 0 Å². The first-order chi connectivity index (χ1) is 9.60. The van der Waals surface area contributed by atoms with Crippen LogP contribution in [0.2, 0.25) is 0 Å². The Kier molecular flexibility index (Phi) is 3.52. The molecule has 2 N–H and O–H groups in total. The first kappa shape index (κ1) is 13.6. The van der Waals surface area contributed by atoms with Crippen molar-refractivity contribution in [3.05, 3.63) is 29.3 Å². The van der Waals surface area contributed by atoms with Crippen LogP contribution in [0.5, 0.6) is 0 Å². The Morgan fingerprint density at radius 3 is 2.95 bits per heavy atom. The number of anilines is 1. The molecule has 4 nitrogen and oxygen atoms in total. The lowest BCUT2D eigenvalue weighted by Crippen LogP contribution is -2.42. The lowest BCUT2D eigenvalue weighted by Gasteiger charge is -2.36. The maximum absolute atomic E-state index is 12.7. The molecule has 20 heavy (non-hydrogen) atoms. The molecule has 2 fully saturated rings. The van der Waals surface area contributed by atoms with E-state index < -0.39 is 0 Å². The number of aryl methyl sites for hydroxylation is 1. The zero-order valence-corrected chi connectivity index (χ0v) is 11.9. The minimum Gasteiger partial charge on any atom is -0.398 e. The molecule has 4 heteroatoms. The minimum atomic E-state index is -0.227. The fourth-order valence-corrected chi connectivity index (χ4v) is 3.14. The van der Waals surface area contributed by atoms with Gasteiger partial charge in [-0.3, -0.25) is 4.79 Å². The largest absolute Gasteiger partial charge is 0.398 e. The Morgan fingerprint density at radius 1 is 1.40 bits per heavy atom. The highest BCUT2D eigenvalue weighted by Crippen LogP contribution is 2.37. The number of Topliss-reactive ketones (excluding diaryl/α,β-unsaturated/α-hetero) is 1. The summed E-state index contributed by atoms with van der Waals surface area (Å²) in [5.41, 5.74) is 8.09. The lowest BCUT2D eigenvalue weighted by molar-refractivity contribution is -0.0920. The second-order valence-electron chi connectivity index (χ2n) is 5.96. The third-order valence-corrected chi connectivity index (χ3v) is 4.49. The molecule has 3 rings (SSSR count). The van der Waals surface area contributed by atoms with Gasteiger partial charge >= 0.3 is 0 Å². The Balaban J connectivity index is 1.77. The van der Waals surface area contributed by atoms with Crippen LogP contribution in [-0.2, 0) is 9.47 Å². The van der Waals surface area contributed by atoms with Crippen molar-refractivity contribution in [3.8, 4) is 0 Å². The van der Waals surface area contributed by atoms with Crippen LogP contribution in [-0.4, -0.2) is 31.2 Å². The number of nitrogen functional groups attached to an aromatic ring is 1. The average molecular weight is 275 g/mol. The van der Waals surface area contributed by atoms with Crippen molar-refractivity contribution in [2.24, 2.45) is 5.92 Å². The topological polar surface area (TPSA) is 61.5 Å². The molecule has 2 unspecified atom stereocenters. The predicted octanol–water partition coefficient (Wildman–Crippen LogP) is 2.35. The van der Waals surface area contributed by atoms with Gasteiger partial charge in [0, 0.05) is 36.8 Å². The molecule has 1 aromatic rings. The molecule has 2 aliphatic heterocycles. The monoisotopic (exact) mass is 275 g/mol. The summed E-state index contributed by atoms with van der Waals surface area (Å²) in [7, 11) is 0. The standard InChI is InChI=1S/C16H21NO3/c1-11-2-3-12(8-14(11)17)15(18)13-4-6-20-16(9-13)5-7-19-10-16/h2-3,8,13H,4-7,9-10,17H2,1H3. The van der Waals surface area contributed by atoms with Crippen LogP contribution < -0.4 is 5.73 Å². The molecule has 0 radical (unpaired) electrons. The summed E-state index contributed by atoms with van der Waals surface area (Å²) in [6.07, 6.45) is 2.45. The number of hydrogen-bond acceptors (Lipinski definition) is 4. The van der Waals surface area contributed by atoms with Gasteiger partial charge in [-0.05, 0) is 31.4 Å². The van der Waals surface area contributed by atoms with Crippen molar-refractivity contribution >= 4 is 11.5 Å². The maximum Gasteiger partial charge on any atom is 0.166 e. The van der Waals surface area contributed by atoms with Crippen molar-refractivity contribution < 1.29 is 14.3 Å². The molecule has 2 heterocycles. The summed E-state index contributed by atoms with van der Waals surface area (Å²) in [5.74, 6) is 0.207. The number of benzene rings is 1. The van der Waals surface area contributed by atoms with Gasteiger partial charge in [0.05, 0.1) is 12.2 Å². The van der Waals surface area contributed by atoms with E-state index in [0.717, 1.165) is 31.4 Å². The molecule has 0 aliphatic carbocycles. The molecule has 0 saturated carbocycles. The highest BCUT2D eigenvalue weighted by atomic mass is 16.6. The first-order valence-electron chi connectivity index (χ1n) is 7.22. The van der Waals surface area contributed by atoms with E-state index in [-0.39, 0.29) is 17.3 Å². The molecular formula is C16H21NO3. The number of carbonyl (C=O) groups excluding carboxylic acids is 1. The third-order valence-electron chi connectivity index (χ3n) is 4.49. The van der Waals surface area contributed by atoms with Gasteiger partial charge in [0.2, 0.25) is 0 Å². The quantitative estimate of drug-likeness (QED) is 0.665. The fraction of sp³-hybridized carbons (Fsp3) is 0.562. The molecule has 0 aromatic heterocycles. The van der Waals surface area contributed by atoms with Crippen LogP contribution in [0.25, 0.3) is 0 Å². The molecule has 108 valence electrons. The van der Waals surface area contributed by atoms with Crippen LogP contribution in [0.1, 0.15) is 35.2 Å². The summed E-state index contributed by atoms with van der Waals surface area (Å²) in [4.78, 5) is 12.7. The molecule has 0 bridgehead atoms. The summed E-state index contributed by atoms with van der Waals surface area (Å²) in [6, 6.07) is 5.59. The Morgan fingerprint density at radius 2 is 2.25 bits per heavy atom. The Bertz CT molecular complexity index is 520. The first-order valence-corrected chi connectivity index (χ1v) is 7.22. The molecule has 2 atom stereocenters. The number of nitrogens with two attached hydrogens (primary N) is 1. The van der Waals surface area contributed by atoms with Crippen LogP contribution in [0, 0.1) is 12.8 Å². The number of ketones is 1. The van der Waals surface area contributed by atoms with Crippen molar-refractivity contribution in [3.63, 3.8) is 0 Å². The van der Waals surface area contributed by atoms with Gasteiger partial charge in [0.25, 0.3) is 0 Å². The van der Waals surface area contributed by atoms with Gasteiger partial charge in [-0.15, -0.1) is 0 Å². The smallest absolute Gasteiger partial charge is 0.166 e. The van der Waals surface area contributed by atoms with E-state index >= 15 is 0 Å². The zero-order chi connectivity index (χ0) is 14.2. The molecule has 1 aromatic carbocycles. The highest BCUT2D eigenvalue weighted by molar-refractivity contribution is 5.98. The van der Waals surface area contributed by atoms with Crippen LogP contribution in [0.15, 0.2) is 18.2 Å². The predicted molar refractivity (Wildman–Crippen MR) is 76.8 cm³/mol. The SMILES string of the molecule is Cc1ccc(C(=O)C2CCOC3(CCOC3)C2)cc1N. The van der Waals surface area contributed by atoms with Crippen molar-refractivity contribution in [2.45, 2.75) is 31.8 Å². The van der Waals surface area contributed by atoms with E-state index in [1.165, 1.54) is 0 Å². The Labute approximate surface area is 119 Å². The van der Waals surface area contributed by atoms with E-state index in [1.807, 2.05) is 19.1 Å². The van der Waals surface area contributed by atoms with Crippen molar-refractivity contribution in [1.29, 1.82) is 0 Å². The average Bonchev–Trinajstić information content (AvgIpc) is 2.89. The van der Waals surface area contributed by atoms with E-state index in [4.69, 9.17) is 15.2 Å². The molecule has 2 saturated heterocycles. The Hall–Kier alpha value is -1.39. The number of carbonyl (C=O) groups is 1. The van der Waals surface area contributed by atoms with E-state index in [0.29, 0.717) is 24.5 Å². The maximum atomic E-state index is 12.7. The highest BCUT2D eigenvalue weighted by Gasteiger charge is 2.43. The third kappa shape index (κ3) is 2.45. The lowest BCUT2D eigenvalue weighted by atomic mass is 9.81. The van der Waals surface area contributed by atoms with Crippen LogP contribution >= 0.6 is 0 Å².